The van der Waals surface area contributed by atoms with Gasteiger partial charge >= 0.3 is 6.03 Å². The van der Waals surface area contributed by atoms with Gasteiger partial charge in [0.15, 0.2) is 0 Å². The van der Waals surface area contributed by atoms with Crippen LogP contribution >= 0.6 is 0 Å². The summed E-state index contributed by atoms with van der Waals surface area (Å²) in [5.74, 6) is 0. The number of amides is 2. The molecule has 6 nitrogen and oxygen atoms in total. The summed E-state index contributed by atoms with van der Waals surface area (Å²) in [5, 5.41) is 18.1. The Bertz CT molecular complexity index is 348. The molecule has 1 aromatic heterocycles. The third-order valence-electron chi connectivity index (χ3n) is 2.04. The summed E-state index contributed by atoms with van der Waals surface area (Å²) in [6.07, 6.45) is 3.34. The van der Waals surface area contributed by atoms with Crippen molar-refractivity contribution in [2.75, 3.05) is 11.9 Å². The van der Waals surface area contributed by atoms with Crippen LogP contribution in [0.25, 0.3) is 0 Å². The largest absolute Gasteiger partial charge is 0.394 e. The van der Waals surface area contributed by atoms with Gasteiger partial charge in [0, 0.05) is 12.2 Å². The summed E-state index contributed by atoms with van der Waals surface area (Å²) in [5.41, 5.74) is 0.635. The average molecular weight is 226 g/mol. The summed E-state index contributed by atoms with van der Waals surface area (Å²) in [7, 11) is 0. The van der Waals surface area contributed by atoms with Crippen molar-refractivity contribution in [2.24, 2.45) is 0 Å². The highest BCUT2D eigenvalue weighted by Crippen LogP contribution is 2.09. The average Bonchev–Trinajstić information content (AvgIpc) is 2.65. The van der Waals surface area contributed by atoms with Gasteiger partial charge in [-0.05, 0) is 20.8 Å². The number of aliphatic hydroxyl groups is 1. The first-order valence-electron chi connectivity index (χ1n) is 5.25. The van der Waals surface area contributed by atoms with Gasteiger partial charge in [-0.15, -0.1) is 0 Å². The van der Waals surface area contributed by atoms with Crippen molar-refractivity contribution in [1.82, 2.24) is 15.1 Å². The number of urea groups is 1. The van der Waals surface area contributed by atoms with Crippen molar-refractivity contribution in [3.05, 3.63) is 12.4 Å². The number of carbonyl (C=O) groups is 1. The molecule has 0 spiro atoms. The lowest BCUT2D eigenvalue weighted by atomic mass is 10.4. The number of carbonyl (C=O) groups excluding carboxylic acids is 1. The minimum Gasteiger partial charge on any atom is -0.394 e. The van der Waals surface area contributed by atoms with Gasteiger partial charge in [0.25, 0.3) is 0 Å². The highest BCUT2D eigenvalue weighted by Gasteiger charge is 2.07. The van der Waals surface area contributed by atoms with E-state index in [0.717, 1.165) is 0 Å². The van der Waals surface area contributed by atoms with Crippen LogP contribution in [-0.4, -0.2) is 33.6 Å². The molecule has 0 aliphatic heterocycles. The minimum absolute atomic E-state index is 0.0846. The molecule has 0 aliphatic rings. The normalized spacial score (nSPS) is 12.6. The van der Waals surface area contributed by atoms with E-state index in [9.17, 15) is 4.79 Å². The molecule has 90 valence electrons. The second-order valence-corrected chi connectivity index (χ2v) is 3.98. The van der Waals surface area contributed by atoms with Gasteiger partial charge < -0.3 is 15.7 Å². The lowest BCUT2D eigenvalue weighted by molar-refractivity contribution is 0.229. The number of anilines is 1. The fourth-order valence-electron chi connectivity index (χ4n) is 1.12. The zero-order valence-electron chi connectivity index (χ0n) is 9.77. The molecule has 1 atom stereocenters. The molecular formula is C10H18N4O2. The third kappa shape index (κ3) is 3.54. The van der Waals surface area contributed by atoms with Crippen molar-refractivity contribution in [3.63, 3.8) is 0 Å². The van der Waals surface area contributed by atoms with E-state index in [1.54, 1.807) is 24.0 Å². The maximum atomic E-state index is 11.4. The molecule has 1 heterocycles. The molecule has 2 amide bonds. The number of nitrogens with zero attached hydrogens (tertiary/aromatic N) is 2. The third-order valence-corrected chi connectivity index (χ3v) is 2.04. The van der Waals surface area contributed by atoms with E-state index in [1.165, 1.54) is 0 Å². The first kappa shape index (κ1) is 12.5. The highest BCUT2D eigenvalue weighted by atomic mass is 16.3. The smallest absolute Gasteiger partial charge is 0.319 e. The zero-order chi connectivity index (χ0) is 12.1. The lowest BCUT2D eigenvalue weighted by Gasteiger charge is -2.10. The van der Waals surface area contributed by atoms with E-state index < -0.39 is 0 Å². The molecule has 1 aromatic rings. The fraction of sp³-hybridized carbons (Fsp3) is 0.600. The Hall–Kier alpha value is -1.56. The van der Waals surface area contributed by atoms with E-state index in [4.69, 9.17) is 5.11 Å². The Morgan fingerprint density at radius 3 is 2.75 bits per heavy atom. The maximum absolute atomic E-state index is 11.4. The number of rotatable bonds is 4. The molecule has 0 radical (unpaired) electrons. The van der Waals surface area contributed by atoms with Gasteiger partial charge in [-0.3, -0.25) is 4.68 Å². The van der Waals surface area contributed by atoms with Gasteiger partial charge in [-0.25, -0.2) is 4.79 Å². The summed E-state index contributed by atoms with van der Waals surface area (Å²) >= 11 is 0. The number of aliphatic hydroxyl groups excluding tert-OH is 1. The summed E-state index contributed by atoms with van der Waals surface area (Å²) in [6.45, 7) is 5.64. The van der Waals surface area contributed by atoms with Crippen molar-refractivity contribution in [3.8, 4) is 0 Å². The standard InChI is InChI=1S/C10H18N4O2/c1-7(2)14-5-9(4-11-14)13-10(16)12-8(3)6-15/h4-5,7-8,15H,6H2,1-3H3,(H2,12,13,16)/t8-/m0/s1. The molecule has 3 N–H and O–H groups in total. The van der Waals surface area contributed by atoms with Gasteiger partial charge in [-0.2, -0.15) is 5.10 Å². The second kappa shape index (κ2) is 5.50. The van der Waals surface area contributed by atoms with Crippen LogP contribution < -0.4 is 10.6 Å². The van der Waals surface area contributed by atoms with Gasteiger partial charge in [0.05, 0.1) is 24.5 Å². The van der Waals surface area contributed by atoms with Crippen LogP contribution in [0.15, 0.2) is 12.4 Å². The number of hydrogen-bond donors (Lipinski definition) is 3. The van der Waals surface area contributed by atoms with Crippen LogP contribution in [0.3, 0.4) is 0 Å². The van der Waals surface area contributed by atoms with Crippen LogP contribution in [-0.2, 0) is 0 Å². The molecule has 0 unspecified atom stereocenters. The Morgan fingerprint density at radius 1 is 1.56 bits per heavy atom. The first-order chi connectivity index (χ1) is 7.52. The molecule has 0 fully saturated rings. The number of nitrogens with one attached hydrogen (secondary N) is 2. The molecule has 0 saturated heterocycles. The SMILES string of the molecule is CC(C)n1cc(NC(=O)N[C@@H](C)CO)cn1. The Morgan fingerprint density at radius 2 is 2.25 bits per heavy atom. The first-order valence-corrected chi connectivity index (χ1v) is 5.25. The van der Waals surface area contributed by atoms with Gasteiger partial charge in [0.1, 0.15) is 0 Å². The van der Waals surface area contributed by atoms with E-state index in [2.05, 4.69) is 15.7 Å². The van der Waals surface area contributed by atoms with Gasteiger partial charge in [-0.1, -0.05) is 0 Å². The molecule has 0 saturated carbocycles. The minimum atomic E-state index is -0.343. The van der Waals surface area contributed by atoms with Crippen molar-refractivity contribution in [2.45, 2.75) is 32.9 Å². The molecular weight excluding hydrogens is 208 g/mol. The lowest BCUT2D eigenvalue weighted by Crippen LogP contribution is -2.38. The molecule has 0 bridgehead atoms. The maximum Gasteiger partial charge on any atom is 0.319 e. The monoisotopic (exact) mass is 226 g/mol. The quantitative estimate of drug-likeness (QED) is 0.715. The summed E-state index contributed by atoms with van der Waals surface area (Å²) in [6, 6.07) is -0.347. The van der Waals surface area contributed by atoms with Crippen LogP contribution in [0.5, 0.6) is 0 Å². The topological polar surface area (TPSA) is 79.2 Å². The molecule has 1 rings (SSSR count). The molecule has 0 aromatic carbocycles. The summed E-state index contributed by atoms with van der Waals surface area (Å²) < 4.78 is 1.76. The van der Waals surface area contributed by atoms with Crippen molar-refractivity contribution in [1.29, 1.82) is 0 Å². The highest BCUT2D eigenvalue weighted by molar-refractivity contribution is 5.89. The van der Waals surface area contributed by atoms with Crippen LogP contribution in [0, 0.1) is 0 Å². The molecule has 16 heavy (non-hydrogen) atoms. The predicted octanol–water partition coefficient (Wildman–Crippen LogP) is 0.966. The van der Waals surface area contributed by atoms with Crippen molar-refractivity contribution >= 4 is 11.7 Å². The number of hydrogen-bond acceptors (Lipinski definition) is 3. The van der Waals surface area contributed by atoms with E-state index in [0.29, 0.717) is 5.69 Å². The van der Waals surface area contributed by atoms with Crippen LogP contribution in [0.2, 0.25) is 0 Å². The van der Waals surface area contributed by atoms with Gasteiger partial charge in [0.2, 0.25) is 0 Å². The Balaban J connectivity index is 2.50. The Labute approximate surface area is 94.6 Å². The van der Waals surface area contributed by atoms with E-state index in [-0.39, 0.29) is 24.7 Å². The van der Waals surface area contributed by atoms with E-state index >= 15 is 0 Å². The summed E-state index contributed by atoms with van der Waals surface area (Å²) in [4.78, 5) is 11.4. The number of aromatic nitrogens is 2. The fourth-order valence-corrected chi connectivity index (χ4v) is 1.12. The zero-order valence-corrected chi connectivity index (χ0v) is 9.77. The van der Waals surface area contributed by atoms with Crippen LogP contribution in [0.1, 0.15) is 26.8 Å². The van der Waals surface area contributed by atoms with E-state index in [1.807, 2.05) is 13.8 Å². The predicted molar refractivity (Wildman–Crippen MR) is 61.3 cm³/mol. The second-order valence-electron chi connectivity index (χ2n) is 3.98. The Kier molecular flexibility index (Phi) is 4.30. The van der Waals surface area contributed by atoms with Crippen molar-refractivity contribution < 1.29 is 9.90 Å². The molecule has 6 heteroatoms. The van der Waals surface area contributed by atoms with Crippen LogP contribution in [0.4, 0.5) is 10.5 Å². The molecule has 0 aliphatic carbocycles.